The van der Waals surface area contributed by atoms with Crippen LogP contribution in [0.25, 0.3) is 0 Å². The number of carbonyl (C=O) groups excluding carboxylic acids is 1. The molecular formula is C22H31IN4O3. The Bertz CT molecular complexity index is 797. The topological polar surface area (TPSA) is 84.0 Å². The highest BCUT2D eigenvalue weighted by Gasteiger charge is 2.01. The first-order chi connectivity index (χ1) is 14.1. The summed E-state index contributed by atoms with van der Waals surface area (Å²) in [7, 11) is 1.66. The van der Waals surface area contributed by atoms with Gasteiger partial charge in [0.25, 0.3) is 0 Å². The molecule has 0 atom stereocenters. The van der Waals surface area contributed by atoms with Gasteiger partial charge in [-0.3, -0.25) is 9.79 Å². The fourth-order valence-electron chi connectivity index (χ4n) is 2.64. The molecule has 0 radical (unpaired) electrons. The summed E-state index contributed by atoms with van der Waals surface area (Å²) in [5, 5.41) is 9.24. The second kappa shape index (κ2) is 14.5. The predicted molar refractivity (Wildman–Crippen MR) is 132 cm³/mol. The third kappa shape index (κ3) is 9.82. The van der Waals surface area contributed by atoms with Gasteiger partial charge in [-0.05, 0) is 43.2 Å². The first-order valence-electron chi connectivity index (χ1n) is 9.76. The number of nitrogens with zero attached hydrogens (tertiary/aromatic N) is 1. The van der Waals surface area contributed by atoms with Gasteiger partial charge in [0.05, 0.1) is 13.7 Å². The Morgan fingerprint density at radius 3 is 2.50 bits per heavy atom. The minimum Gasteiger partial charge on any atom is -0.497 e. The van der Waals surface area contributed by atoms with E-state index in [0.29, 0.717) is 25.4 Å². The zero-order chi connectivity index (χ0) is 20.9. The highest BCUT2D eigenvalue weighted by Crippen LogP contribution is 2.17. The van der Waals surface area contributed by atoms with E-state index in [4.69, 9.17) is 9.47 Å². The van der Waals surface area contributed by atoms with Crippen LogP contribution < -0.4 is 25.4 Å². The molecule has 0 spiro atoms. The number of guanidine groups is 1. The second-order valence-electron chi connectivity index (χ2n) is 6.34. The van der Waals surface area contributed by atoms with Crippen LogP contribution in [0.5, 0.6) is 11.5 Å². The molecule has 8 heteroatoms. The van der Waals surface area contributed by atoms with Gasteiger partial charge in [0.2, 0.25) is 5.91 Å². The van der Waals surface area contributed by atoms with Crippen molar-refractivity contribution in [1.82, 2.24) is 10.6 Å². The van der Waals surface area contributed by atoms with E-state index < -0.39 is 0 Å². The number of methoxy groups -OCH3 is 1. The predicted octanol–water partition coefficient (Wildman–Crippen LogP) is 3.45. The number of rotatable bonds is 10. The Hall–Kier alpha value is -2.49. The largest absolute Gasteiger partial charge is 0.497 e. The summed E-state index contributed by atoms with van der Waals surface area (Å²) < 4.78 is 10.9. The zero-order valence-corrected chi connectivity index (χ0v) is 20.1. The van der Waals surface area contributed by atoms with Crippen LogP contribution in [0.4, 0.5) is 5.69 Å². The van der Waals surface area contributed by atoms with Gasteiger partial charge in [0, 0.05) is 31.8 Å². The number of hydrogen-bond acceptors (Lipinski definition) is 4. The van der Waals surface area contributed by atoms with E-state index in [1.807, 2.05) is 37.3 Å². The number of nitrogens with one attached hydrogen (secondary N) is 3. The lowest BCUT2D eigenvalue weighted by molar-refractivity contribution is -0.114. The number of aliphatic imine (C=N–C) groups is 1. The summed E-state index contributed by atoms with van der Waals surface area (Å²) >= 11 is 0. The van der Waals surface area contributed by atoms with Gasteiger partial charge >= 0.3 is 0 Å². The molecule has 0 unspecified atom stereocenters. The van der Waals surface area contributed by atoms with E-state index in [-0.39, 0.29) is 29.9 Å². The first kappa shape index (κ1) is 25.5. The number of ether oxygens (including phenoxy) is 2. The minimum absolute atomic E-state index is 0. The standard InChI is InChI=1S/C22H30N4O3.HI/c1-4-23-22(24-13-12-18-8-10-20(28-3)11-9-18)25-14-15-29-21-7-5-6-19(16-21)26-17(2)27;/h5-11,16H,4,12-15H2,1-3H3,(H,26,27)(H2,23,24,25);1H. The molecule has 0 saturated heterocycles. The van der Waals surface area contributed by atoms with Crippen molar-refractivity contribution < 1.29 is 14.3 Å². The van der Waals surface area contributed by atoms with Gasteiger partial charge in [0.15, 0.2) is 5.96 Å². The van der Waals surface area contributed by atoms with E-state index in [1.54, 1.807) is 13.2 Å². The lowest BCUT2D eigenvalue weighted by Gasteiger charge is -2.12. The molecule has 30 heavy (non-hydrogen) atoms. The molecule has 0 aromatic heterocycles. The van der Waals surface area contributed by atoms with Crippen LogP contribution in [0.3, 0.4) is 0 Å². The zero-order valence-electron chi connectivity index (χ0n) is 17.7. The summed E-state index contributed by atoms with van der Waals surface area (Å²) in [6, 6.07) is 15.4. The number of hydrogen-bond donors (Lipinski definition) is 3. The lowest BCUT2D eigenvalue weighted by atomic mass is 10.1. The van der Waals surface area contributed by atoms with E-state index in [2.05, 4.69) is 33.1 Å². The molecule has 0 fully saturated rings. The van der Waals surface area contributed by atoms with Crippen molar-refractivity contribution >= 4 is 41.5 Å². The van der Waals surface area contributed by atoms with Gasteiger partial charge in [0.1, 0.15) is 18.1 Å². The third-order valence-corrected chi connectivity index (χ3v) is 3.99. The number of anilines is 1. The van der Waals surface area contributed by atoms with Crippen LogP contribution >= 0.6 is 24.0 Å². The molecule has 0 aliphatic carbocycles. The number of amides is 1. The van der Waals surface area contributed by atoms with Gasteiger partial charge in [-0.15, -0.1) is 24.0 Å². The Labute approximate surface area is 195 Å². The number of halogens is 1. The Morgan fingerprint density at radius 2 is 1.83 bits per heavy atom. The van der Waals surface area contributed by atoms with Gasteiger partial charge in [-0.1, -0.05) is 18.2 Å². The fourth-order valence-corrected chi connectivity index (χ4v) is 2.64. The maximum atomic E-state index is 11.1. The molecule has 0 aliphatic heterocycles. The summed E-state index contributed by atoms with van der Waals surface area (Å²) in [4.78, 5) is 15.7. The molecule has 1 amide bonds. The summed E-state index contributed by atoms with van der Waals surface area (Å²) in [5.41, 5.74) is 1.93. The van der Waals surface area contributed by atoms with Crippen molar-refractivity contribution in [2.45, 2.75) is 20.3 Å². The van der Waals surface area contributed by atoms with E-state index in [9.17, 15) is 4.79 Å². The molecule has 0 bridgehead atoms. The summed E-state index contributed by atoms with van der Waals surface area (Å²) in [6.45, 7) is 6.07. The Kier molecular flexibility index (Phi) is 12.3. The van der Waals surface area contributed by atoms with Gasteiger partial charge in [-0.25, -0.2) is 0 Å². The molecular weight excluding hydrogens is 495 g/mol. The van der Waals surface area contributed by atoms with Gasteiger partial charge < -0.3 is 25.4 Å². The molecule has 0 saturated carbocycles. The molecule has 2 aromatic rings. The van der Waals surface area contributed by atoms with Gasteiger partial charge in [-0.2, -0.15) is 0 Å². The van der Waals surface area contributed by atoms with E-state index in [0.717, 1.165) is 30.4 Å². The third-order valence-electron chi connectivity index (χ3n) is 3.99. The van der Waals surface area contributed by atoms with Crippen molar-refractivity contribution in [2.75, 3.05) is 38.7 Å². The number of carbonyl (C=O) groups is 1. The monoisotopic (exact) mass is 526 g/mol. The van der Waals surface area contributed by atoms with Crippen molar-refractivity contribution in [2.24, 2.45) is 4.99 Å². The second-order valence-corrected chi connectivity index (χ2v) is 6.34. The normalized spacial score (nSPS) is 10.6. The summed E-state index contributed by atoms with van der Waals surface area (Å²) in [5.74, 6) is 2.22. The Morgan fingerprint density at radius 1 is 1.07 bits per heavy atom. The minimum atomic E-state index is -0.107. The highest BCUT2D eigenvalue weighted by molar-refractivity contribution is 14.0. The molecule has 7 nitrogen and oxygen atoms in total. The van der Waals surface area contributed by atoms with E-state index >= 15 is 0 Å². The fraction of sp³-hybridized carbons (Fsp3) is 0.364. The Balaban J connectivity index is 0.00000450. The van der Waals surface area contributed by atoms with Crippen molar-refractivity contribution in [3.63, 3.8) is 0 Å². The lowest BCUT2D eigenvalue weighted by Crippen LogP contribution is -2.39. The van der Waals surface area contributed by atoms with Crippen molar-refractivity contribution in [3.05, 3.63) is 54.1 Å². The van der Waals surface area contributed by atoms with Crippen molar-refractivity contribution in [1.29, 1.82) is 0 Å². The maximum Gasteiger partial charge on any atom is 0.221 e. The van der Waals surface area contributed by atoms with Crippen LogP contribution in [0.2, 0.25) is 0 Å². The van der Waals surface area contributed by atoms with E-state index in [1.165, 1.54) is 12.5 Å². The average Bonchev–Trinajstić information content (AvgIpc) is 2.71. The summed E-state index contributed by atoms with van der Waals surface area (Å²) in [6.07, 6.45) is 0.854. The quantitative estimate of drug-likeness (QED) is 0.191. The SMILES string of the molecule is CCNC(=NCCc1ccc(OC)cc1)NCCOc1cccc(NC(C)=O)c1.I. The smallest absolute Gasteiger partial charge is 0.221 e. The maximum absolute atomic E-state index is 11.1. The molecule has 0 heterocycles. The van der Waals surface area contributed by atoms with Crippen molar-refractivity contribution in [3.8, 4) is 11.5 Å². The highest BCUT2D eigenvalue weighted by atomic mass is 127. The average molecular weight is 526 g/mol. The molecule has 3 N–H and O–H groups in total. The molecule has 2 aromatic carbocycles. The van der Waals surface area contributed by atoms with Crippen LogP contribution in [-0.4, -0.2) is 45.2 Å². The van der Waals surface area contributed by atoms with Crippen LogP contribution in [0.15, 0.2) is 53.5 Å². The van der Waals surface area contributed by atoms with Crippen LogP contribution in [0.1, 0.15) is 19.4 Å². The molecule has 164 valence electrons. The van der Waals surface area contributed by atoms with Crippen LogP contribution in [0, 0.1) is 0 Å². The van der Waals surface area contributed by atoms with Crippen LogP contribution in [-0.2, 0) is 11.2 Å². The number of benzene rings is 2. The molecule has 0 aliphatic rings. The molecule has 2 rings (SSSR count). The first-order valence-corrected chi connectivity index (χ1v) is 9.76.